The Kier molecular flexibility index (Phi) is 4.41. The fraction of sp³-hybridized carbons (Fsp3) is 0.556. The summed E-state index contributed by atoms with van der Waals surface area (Å²) < 4.78 is 5.23. The summed E-state index contributed by atoms with van der Waals surface area (Å²) in [6.45, 7) is 4.23. The molecule has 5 nitrogen and oxygen atoms in total. The van der Waals surface area contributed by atoms with Crippen molar-refractivity contribution >= 4 is 17.2 Å². The highest BCUT2D eigenvalue weighted by molar-refractivity contribution is 7.07. The fourth-order valence-electron chi connectivity index (χ4n) is 4.03. The van der Waals surface area contributed by atoms with Crippen LogP contribution in [-0.2, 0) is 4.79 Å². The molecular formula is C18H23N3O2S. The molecule has 2 aromatic rings. The van der Waals surface area contributed by atoms with Crippen LogP contribution >= 0.6 is 11.3 Å². The number of carbonyl (C=O) groups excluding carboxylic acids is 1. The molecule has 24 heavy (non-hydrogen) atoms. The van der Waals surface area contributed by atoms with Gasteiger partial charge in [-0.05, 0) is 61.5 Å². The topological polar surface area (TPSA) is 49.6 Å². The summed E-state index contributed by atoms with van der Waals surface area (Å²) in [5.41, 5.74) is 2.25. The number of nitrogens with zero attached hydrogens (tertiary/aromatic N) is 3. The van der Waals surface area contributed by atoms with Gasteiger partial charge in [0.15, 0.2) is 0 Å². The Morgan fingerprint density at radius 3 is 2.92 bits per heavy atom. The molecule has 6 heteroatoms. The maximum atomic E-state index is 12.9. The van der Waals surface area contributed by atoms with Crippen LogP contribution < -0.4 is 0 Å². The molecular weight excluding hydrogens is 322 g/mol. The van der Waals surface area contributed by atoms with Crippen molar-refractivity contribution in [1.82, 2.24) is 15.0 Å². The van der Waals surface area contributed by atoms with Gasteiger partial charge in [0.1, 0.15) is 11.5 Å². The van der Waals surface area contributed by atoms with Crippen LogP contribution in [0.3, 0.4) is 0 Å². The molecule has 0 bridgehead atoms. The van der Waals surface area contributed by atoms with Crippen molar-refractivity contribution in [2.24, 2.45) is 0 Å². The summed E-state index contributed by atoms with van der Waals surface area (Å²) in [4.78, 5) is 17.3. The van der Waals surface area contributed by atoms with Gasteiger partial charge < -0.3 is 9.42 Å². The first-order chi connectivity index (χ1) is 11.7. The second kappa shape index (κ2) is 6.69. The zero-order valence-electron chi connectivity index (χ0n) is 14.0. The Labute approximate surface area is 146 Å². The molecule has 128 valence electrons. The van der Waals surface area contributed by atoms with E-state index in [0.717, 1.165) is 50.2 Å². The minimum Gasteiger partial charge on any atom is -0.361 e. The first-order valence-corrected chi connectivity index (χ1v) is 9.65. The normalized spacial score (nSPS) is 24.8. The summed E-state index contributed by atoms with van der Waals surface area (Å²) in [6.07, 6.45) is 4.33. The van der Waals surface area contributed by atoms with Crippen molar-refractivity contribution in [3.8, 4) is 0 Å². The molecule has 2 saturated heterocycles. The highest BCUT2D eigenvalue weighted by atomic mass is 32.1. The molecule has 1 amide bonds. The minimum atomic E-state index is 0.216. The quantitative estimate of drug-likeness (QED) is 0.850. The van der Waals surface area contributed by atoms with Crippen LogP contribution in [0.2, 0.25) is 0 Å². The van der Waals surface area contributed by atoms with Gasteiger partial charge in [0.25, 0.3) is 0 Å². The van der Waals surface area contributed by atoms with Crippen molar-refractivity contribution in [1.29, 1.82) is 0 Å². The lowest BCUT2D eigenvalue weighted by Gasteiger charge is -2.28. The van der Waals surface area contributed by atoms with Crippen LogP contribution in [0.25, 0.3) is 0 Å². The summed E-state index contributed by atoms with van der Waals surface area (Å²) in [7, 11) is 0. The third-order valence-corrected chi connectivity index (χ3v) is 5.89. The first-order valence-electron chi connectivity index (χ1n) is 8.71. The molecule has 0 saturated carbocycles. The van der Waals surface area contributed by atoms with Crippen molar-refractivity contribution in [2.75, 3.05) is 19.6 Å². The number of aryl methyl sites for hydroxylation is 1. The van der Waals surface area contributed by atoms with Gasteiger partial charge in [-0.1, -0.05) is 5.16 Å². The van der Waals surface area contributed by atoms with E-state index in [4.69, 9.17) is 4.52 Å². The lowest BCUT2D eigenvalue weighted by atomic mass is 10.1. The van der Waals surface area contributed by atoms with Crippen LogP contribution in [0, 0.1) is 6.92 Å². The molecule has 4 rings (SSSR count). The standard InChI is InChI=1S/C18H23N3O2S/c1-13-10-15(19-23-13)17-5-2-7-20(17)11-18(22)21-8-3-4-16(21)14-6-9-24-12-14/h6,9-10,12,16-17H,2-5,7-8,11H2,1H3/t16-,17+/m0/s1. The Bertz CT molecular complexity index is 697. The van der Waals surface area contributed by atoms with E-state index in [1.165, 1.54) is 5.56 Å². The van der Waals surface area contributed by atoms with Gasteiger partial charge in [-0.2, -0.15) is 11.3 Å². The number of thiophene rings is 1. The maximum Gasteiger partial charge on any atom is 0.237 e. The SMILES string of the molecule is Cc1cc([C@H]2CCCN2CC(=O)N2CCC[C@H]2c2ccsc2)no1. The summed E-state index contributed by atoms with van der Waals surface area (Å²) in [5, 5.41) is 8.44. The van der Waals surface area contributed by atoms with Crippen molar-refractivity contribution in [2.45, 2.75) is 44.7 Å². The van der Waals surface area contributed by atoms with Crippen LogP contribution in [0.15, 0.2) is 27.4 Å². The zero-order chi connectivity index (χ0) is 16.5. The predicted molar refractivity (Wildman–Crippen MR) is 92.8 cm³/mol. The van der Waals surface area contributed by atoms with Crippen LogP contribution in [0.5, 0.6) is 0 Å². The molecule has 2 atom stereocenters. The number of rotatable bonds is 4. The van der Waals surface area contributed by atoms with E-state index in [-0.39, 0.29) is 18.0 Å². The monoisotopic (exact) mass is 345 g/mol. The van der Waals surface area contributed by atoms with Gasteiger partial charge in [-0.15, -0.1) is 0 Å². The van der Waals surface area contributed by atoms with Crippen LogP contribution in [0.4, 0.5) is 0 Å². The highest BCUT2D eigenvalue weighted by Gasteiger charge is 2.34. The average molecular weight is 345 g/mol. The number of hydrogen-bond acceptors (Lipinski definition) is 5. The molecule has 2 aliphatic rings. The van der Waals surface area contributed by atoms with Gasteiger partial charge >= 0.3 is 0 Å². The molecule has 0 aromatic carbocycles. The van der Waals surface area contributed by atoms with Gasteiger partial charge in [0.05, 0.1) is 18.6 Å². The molecule has 0 unspecified atom stereocenters. The minimum absolute atomic E-state index is 0.216. The van der Waals surface area contributed by atoms with E-state index in [1.807, 2.05) is 13.0 Å². The van der Waals surface area contributed by atoms with Crippen molar-refractivity contribution < 1.29 is 9.32 Å². The van der Waals surface area contributed by atoms with Crippen LogP contribution in [0.1, 0.15) is 54.8 Å². The summed E-state index contributed by atoms with van der Waals surface area (Å²) in [5.74, 6) is 1.08. The van der Waals surface area contributed by atoms with E-state index in [9.17, 15) is 4.79 Å². The van der Waals surface area contributed by atoms with E-state index in [2.05, 4.69) is 31.8 Å². The molecule has 0 spiro atoms. The number of hydrogen-bond donors (Lipinski definition) is 0. The highest BCUT2D eigenvalue weighted by Crippen LogP contribution is 2.35. The Morgan fingerprint density at radius 1 is 1.33 bits per heavy atom. The lowest BCUT2D eigenvalue weighted by Crippen LogP contribution is -2.39. The molecule has 0 aliphatic carbocycles. The second-order valence-corrected chi connectivity index (χ2v) is 7.57. The summed E-state index contributed by atoms with van der Waals surface area (Å²) in [6, 6.07) is 4.63. The van der Waals surface area contributed by atoms with E-state index in [0.29, 0.717) is 6.54 Å². The molecule has 4 heterocycles. The number of amides is 1. The Hall–Kier alpha value is -1.66. The lowest BCUT2D eigenvalue weighted by molar-refractivity contribution is -0.133. The number of likely N-dealkylation sites (tertiary alicyclic amines) is 2. The third kappa shape index (κ3) is 3.00. The predicted octanol–water partition coefficient (Wildman–Crippen LogP) is 3.55. The van der Waals surface area contributed by atoms with E-state index < -0.39 is 0 Å². The average Bonchev–Trinajstić information content (AvgIpc) is 3.34. The van der Waals surface area contributed by atoms with E-state index >= 15 is 0 Å². The number of carbonyl (C=O) groups is 1. The summed E-state index contributed by atoms with van der Waals surface area (Å²) >= 11 is 1.71. The fourth-order valence-corrected chi connectivity index (χ4v) is 4.74. The van der Waals surface area contributed by atoms with Gasteiger partial charge in [0.2, 0.25) is 5.91 Å². The van der Waals surface area contributed by atoms with Gasteiger partial charge in [-0.25, -0.2) is 0 Å². The Balaban J connectivity index is 1.45. The van der Waals surface area contributed by atoms with Crippen LogP contribution in [-0.4, -0.2) is 40.5 Å². The largest absolute Gasteiger partial charge is 0.361 e. The first kappa shape index (κ1) is 15.8. The third-order valence-electron chi connectivity index (χ3n) is 5.19. The maximum absolute atomic E-state index is 12.9. The molecule has 0 N–H and O–H groups in total. The van der Waals surface area contributed by atoms with Crippen molar-refractivity contribution in [3.05, 3.63) is 39.9 Å². The van der Waals surface area contributed by atoms with Gasteiger partial charge in [0, 0.05) is 12.6 Å². The number of aromatic nitrogens is 1. The van der Waals surface area contributed by atoms with E-state index in [1.54, 1.807) is 11.3 Å². The molecule has 2 aliphatic heterocycles. The Morgan fingerprint density at radius 2 is 2.17 bits per heavy atom. The molecule has 2 aromatic heterocycles. The second-order valence-electron chi connectivity index (χ2n) is 6.79. The van der Waals surface area contributed by atoms with Gasteiger partial charge in [-0.3, -0.25) is 9.69 Å². The molecule has 2 fully saturated rings. The smallest absolute Gasteiger partial charge is 0.237 e. The zero-order valence-corrected chi connectivity index (χ0v) is 14.8. The van der Waals surface area contributed by atoms with Crippen molar-refractivity contribution in [3.63, 3.8) is 0 Å². The molecule has 0 radical (unpaired) electrons.